The first-order valence-corrected chi connectivity index (χ1v) is 13.6. The van der Waals surface area contributed by atoms with Crippen LogP contribution in [0.1, 0.15) is 47.2 Å². The van der Waals surface area contributed by atoms with Gasteiger partial charge in [-0.2, -0.15) is 0 Å². The van der Waals surface area contributed by atoms with Crippen LogP contribution in [0, 0.1) is 20.8 Å². The first-order valence-electron chi connectivity index (χ1n) is 12.8. The van der Waals surface area contributed by atoms with Crippen molar-refractivity contribution in [3.8, 4) is 11.5 Å². The normalized spacial score (nSPS) is 16.7. The topological polar surface area (TPSA) is 89.0 Å². The molecule has 39 heavy (non-hydrogen) atoms. The van der Waals surface area contributed by atoms with Gasteiger partial charge in [0.1, 0.15) is 17.3 Å². The van der Waals surface area contributed by atoms with Crippen LogP contribution in [-0.4, -0.2) is 35.5 Å². The molecule has 1 aliphatic heterocycles. The van der Waals surface area contributed by atoms with Crippen molar-refractivity contribution in [2.24, 2.45) is 0 Å². The van der Waals surface area contributed by atoms with Crippen molar-refractivity contribution in [3.05, 3.63) is 88.0 Å². The summed E-state index contributed by atoms with van der Waals surface area (Å²) in [6, 6.07) is 15.6. The number of aromatic nitrogens is 1. The molecule has 0 spiro atoms. The molecule has 200 valence electrons. The lowest BCUT2D eigenvalue weighted by Gasteiger charge is -2.23. The average Bonchev–Trinajstić information content (AvgIpc) is 3.45. The summed E-state index contributed by atoms with van der Waals surface area (Å²) in [6.45, 7) is 8.39. The second-order valence-electron chi connectivity index (χ2n) is 9.70. The molecule has 1 saturated heterocycles. The Labute approximate surface area is 231 Å². The zero-order valence-electron chi connectivity index (χ0n) is 22.6. The fourth-order valence-electron chi connectivity index (χ4n) is 4.98. The molecule has 1 aromatic heterocycles. The van der Waals surface area contributed by atoms with Gasteiger partial charge in [0.05, 0.1) is 35.5 Å². The van der Waals surface area contributed by atoms with E-state index < -0.39 is 17.7 Å². The minimum Gasteiger partial charge on any atom is -0.507 e. The predicted molar refractivity (Wildman–Crippen MR) is 154 cm³/mol. The number of nitrogens with zero attached hydrogens (tertiary/aromatic N) is 2. The standard InChI is InChI=1S/C31H30N2O5S/c1-6-12-38-22-9-7-8-20(16-22)27-25(28(34)21-10-11-23(37-5)18(3)15-21)29(35)30(36)33(27)31-32-26-19(4)13-17(2)14-24(26)39-31/h7-11,13-16,27,34H,6,12H2,1-5H3/t27-/m1/s1. The van der Waals surface area contributed by atoms with Crippen LogP contribution < -0.4 is 14.4 Å². The molecular formula is C31H30N2O5S. The molecule has 1 amide bonds. The van der Waals surface area contributed by atoms with E-state index in [2.05, 4.69) is 0 Å². The van der Waals surface area contributed by atoms with E-state index in [9.17, 15) is 14.7 Å². The molecule has 1 atom stereocenters. The van der Waals surface area contributed by atoms with E-state index in [4.69, 9.17) is 14.5 Å². The van der Waals surface area contributed by atoms with E-state index in [1.807, 2.05) is 64.1 Å². The summed E-state index contributed by atoms with van der Waals surface area (Å²) in [5.41, 5.74) is 4.72. The Bertz CT molecular complexity index is 1640. The Hall–Kier alpha value is -4.17. The molecule has 0 radical (unpaired) electrons. The van der Waals surface area contributed by atoms with Gasteiger partial charge in [0.15, 0.2) is 5.13 Å². The number of ether oxygens (including phenoxy) is 2. The second-order valence-corrected chi connectivity index (χ2v) is 10.7. The zero-order valence-corrected chi connectivity index (χ0v) is 23.4. The van der Waals surface area contributed by atoms with Crippen molar-refractivity contribution in [3.63, 3.8) is 0 Å². The van der Waals surface area contributed by atoms with Gasteiger partial charge < -0.3 is 14.6 Å². The number of aliphatic hydroxyl groups excluding tert-OH is 1. The van der Waals surface area contributed by atoms with E-state index in [0.29, 0.717) is 34.4 Å². The maximum atomic E-state index is 13.6. The highest BCUT2D eigenvalue weighted by Gasteiger charge is 2.48. The molecule has 0 aliphatic carbocycles. The third kappa shape index (κ3) is 4.76. The number of ketones is 1. The Morgan fingerprint density at radius 3 is 2.56 bits per heavy atom. The van der Waals surface area contributed by atoms with Crippen molar-refractivity contribution >= 4 is 44.1 Å². The Kier molecular flexibility index (Phi) is 7.14. The Balaban J connectivity index is 1.72. The number of Topliss-reactive ketones (excluding diaryl/α,β-unsaturated/α-hetero) is 1. The van der Waals surface area contributed by atoms with E-state index in [1.165, 1.54) is 16.2 Å². The average molecular weight is 543 g/mol. The van der Waals surface area contributed by atoms with Crippen molar-refractivity contribution in [1.29, 1.82) is 0 Å². The van der Waals surface area contributed by atoms with Crippen LogP contribution in [-0.2, 0) is 9.59 Å². The van der Waals surface area contributed by atoms with Crippen LogP contribution in [0.2, 0.25) is 0 Å². The minimum absolute atomic E-state index is 0.00404. The number of rotatable bonds is 7. The molecule has 7 nitrogen and oxygen atoms in total. The molecule has 0 saturated carbocycles. The molecule has 1 fully saturated rings. The third-order valence-electron chi connectivity index (χ3n) is 6.78. The van der Waals surface area contributed by atoms with Gasteiger partial charge in [0.2, 0.25) is 0 Å². The summed E-state index contributed by atoms with van der Waals surface area (Å²) in [5.74, 6) is -0.474. The van der Waals surface area contributed by atoms with E-state index in [1.54, 1.807) is 25.3 Å². The number of benzene rings is 3. The molecule has 1 N–H and O–H groups in total. The summed E-state index contributed by atoms with van der Waals surface area (Å²) in [4.78, 5) is 33.4. The van der Waals surface area contributed by atoms with Crippen molar-refractivity contribution in [2.45, 2.75) is 40.2 Å². The number of carbonyl (C=O) groups is 2. The number of hydrogen-bond donors (Lipinski definition) is 1. The van der Waals surface area contributed by atoms with Crippen LogP contribution in [0.4, 0.5) is 5.13 Å². The van der Waals surface area contributed by atoms with E-state index >= 15 is 0 Å². The number of thiazole rings is 1. The molecule has 4 aromatic rings. The smallest absolute Gasteiger partial charge is 0.301 e. The van der Waals surface area contributed by atoms with Gasteiger partial charge in [-0.05, 0) is 85.8 Å². The summed E-state index contributed by atoms with van der Waals surface area (Å²) in [7, 11) is 1.57. The number of hydrogen-bond acceptors (Lipinski definition) is 7. The van der Waals surface area contributed by atoms with E-state index in [0.717, 1.165) is 33.3 Å². The lowest BCUT2D eigenvalue weighted by Crippen LogP contribution is -2.29. The monoisotopic (exact) mass is 542 g/mol. The van der Waals surface area contributed by atoms with Crippen LogP contribution in [0.15, 0.2) is 60.2 Å². The number of amides is 1. The molecule has 5 rings (SSSR count). The Morgan fingerprint density at radius 2 is 1.85 bits per heavy atom. The van der Waals surface area contributed by atoms with Gasteiger partial charge in [-0.15, -0.1) is 0 Å². The number of aryl methyl sites for hydroxylation is 3. The number of aliphatic hydroxyl groups is 1. The number of fused-ring (bicyclic) bond motifs is 1. The fourth-order valence-corrected chi connectivity index (χ4v) is 6.15. The molecule has 1 aliphatic rings. The first kappa shape index (κ1) is 26.4. The van der Waals surface area contributed by atoms with Crippen molar-refractivity contribution in [1.82, 2.24) is 4.98 Å². The van der Waals surface area contributed by atoms with Crippen molar-refractivity contribution in [2.75, 3.05) is 18.6 Å². The summed E-state index contributed by atoms with van der Waals surface area (Å²) in [5, 5.41) is 11.9. The van der Waals surface area contributed by atoms with Gasteiger partial charge in [0, 0.05) is 5.56 Å². The molecule has 0 bridgehead atoms. The third-order valence-corrected chi connectivity index (χ3v) is 7.79. The number of methoxy groups -OCH3 is 1. The summed E-state index contributed by atoms with van der Waals surface area (Å²) in [6.07, 6.45) is 0.837. The van der Waals surface area contributed by atoms with E-state index in [-0.39, 0.29) is 11.3 Å². The maximum absolute atomic E-state index is 13.6. The molecule has 3 aromatic carbocycles. The number of anilines is 1. The fraction of sp³-hybridized carbons (Fsp3) is 0.258. The maximum Gasteiger partial charge on any atom is 0.301 e. The first-order chi connectivity index (χ1) is 18.7. The summed E-state index contributed by atoms with van der Waals surface area (Å²) < 4.78 is 12.1. The van der Waals surface area contributed by atoms with Crippen LogP contribution >= 0.6 is 11.3 Å². The van der Waals surface area contributed by atoms with Gasteiger partial charge in [-0.25, -0.2) is 4.98 Å². The lowest BCUT2D eigenvalue weighted by atomic mass is 9.94. The predicted octanol–water partition coefficient (Wildman–Crippen LogP) is 6.65. The minimum atomic E-state index is -0.889. The van der Waals surface area contributed by atoms with Crippen molar-refractivity contribution < 1.29 is 24.2 Å². The van der Waals surface area contributed by atoms with Gasteiger partial charge in [-0.1, -0.05) is 36.5 Å². The second kappa shape index (κ2) is 10.5. The molecule has 0 unspecified atom stereocenters. The SMILES string of the molecule is CCCOc1cccc([C@@H]2C(=C(O)c3ccc(OC)c(C)c3)C(=O)C(=O)N2c2nc3c(C)cc(C)cc3s2)c1. The molecule has 2 heterocycles. The highest BCUT2D eigenvalue weighted by atomic mass is 32.1. The summed E-state index contributed by atoms with van der Waals surface area (Å²) >= 11 is 1.35. The number of carbonyl (C=O) groups excluding carboxylic acids is 2. The van der Waals surface area contributed by atoms with Gasteiger partial charge in [-0.3, -0.25) is 14.5 Å². The Morgan fingerprint density at radius 1 is 1.05 bits per heavy atom. The van der Waals surface area contributed by atoms with Crippen LogP contribution in [0.5, 0.6) is 11.5 Å². The zero-order chi connectivity index (χ0) is 27.8. The molecule has 8 heteroatoms. The largest absolute Gasteiger partial charge is 0.507 e. The highest BCUT2D eigenvalue weighted by Crippen LogP contribution is 2.45. The lowest BCUT2D eigenvalue weighted by molar-refractivity contribution is -0.132. The molecular weight excluding hydrogens is 512 g/mol. The quantitative estimate of drug-likeness (QED) is 0.160. The van der Waals surface area contributed by atoms with Gasteiger partial charge >= 0.3 is 5.91 Å². The highest BCUT2D eigenvalue weighted by molar-refractivity contribution is 7.22. The van der Waals surface area contributed by atoms with Gasteiger partial charge in [0.25, 0.3) is 5.78 Å². The van der Waals surface area contributed by atoms with Crippen LogP contribution in [0.3, 0.4) is 0 Å². The van der Waals surface area contributed by atoms with Crippen LogP contribution in [0.25, 0.3) is 16.0 Å².